The van der Waals surface area contributed by atoms with Crippen LogP contribution >= 0.6 is 0 Å². The summed E-state index contributed by atoms with van der Waals surface area (Å²) in [4.78, 5) is 0. The van der Waals surface area contributed by atoms with Crippen LogP contribution in [0.3, 0.4) is 0 Å². The largest absolute Gasteiger partial charge is 0.456 e. The molecule has 0 radical (unpaired) electrons. The highest BCUT2D eigenvalue weighted by Crippen LogP contribution is 2.48. The van der Waals surface area contributed by atoms with Crippen LogP contribution in [0.4, 0.5) is 0 Å². The van der Waals surface area contributed by atoms with Crippen molar-refractivity contribution >= 4 is 109 Å². The van der Waals surface area contributed by atoms with Crippen LogP contribution in [0.25, 0.3) is 175 Å². The van der Waals surface area contributed by atoms with E-state index in [4.69, 9.17) is 25.3 Å². The van der Waals surface area contributed by atoms with Crippen molar-refractivity contribution in [1.29, 1.82) is 0 Å². The van der Waals surface area contributed by atoms with E-state index in [1.54, 1.807) is 60.7 Å². The molecule has 0 N–H and O–H groups in total. The molecule has 0 aliphatic rings. The third-order valence-corrected chi connectivity index (χ3v) is 16.6. The second kappa shape index (κ2) is 20.2. The Balaban J connectivity index is 0.000000152. The third kappa shape index (κ3) is 8.10. The molecule has 2 heteroatoms. The fourth-order valence-electron chi connectivity index (χ4n) is 12.7. The Morgan fingerprint density at radius 1 is 0.198 bits per heavy atom. The zero-order valence-corrected chi connectivity index (χ0v) is 45.6. The molecule has 0 unspecified atom stereocenters. The van der Waals surface area contributed by atoms with Gasteiger partial charge in [0.2, 0.25) is 0 Å². The van der Waals surface area contributed by atoms with Crippen LogP contribution in [-0.4, -0.2) is 0 Å². The van der Waals surface area contributed by atoms with E-state index in [2.05, 4.69) is 60.7 Å². The molecule has 2 heterocycles. The summed E-state index contributed by atoms with van der Waals surface area (Å²) in [5.74, 6) is 0. The second-order valence-corrected chi connectivity index (χ2v) is 21.3. The maximum Gasteiger partial charge on any atom is 0.136 e. The van der Waals surface area contributed by atoms with Gasteiger partial charge in [0.15, 0.2) is 0 Å². The van der Waals surface area contributed by atoms with Crippen LogP contribution in [0.1, 0.15) is 21.9 Å². The van der Waals surface area contributed by atoms with Gasteiger partial charge in [-0.1, -0.05) is 267 Å². The molecule has 0 amide bonds. The predicted molar refractivity (Wildman–Crippen MR) is 365 cm³/mol. The zero-order chi connectivity index (χ0) is 70.6. The summed E-state index contributed by atoms with van der Waals surface area (Å²) < 4.78 is 156. The van der Waals surface area contributed by atoms with Gasteiger partial charge < -0.3 is 8.83 Å². The van der Waals surface area contributed by atoms with Crippen LogP contribution in [-0.2, 0) is 0 Å². The van der Waals surface area contributed by atoms with Gasteiger partial charge in [-0.2, -0.15) is 0 Å². The maximum absolute atomic E-state index is 9.25. The molecule has 0 atom stereocenters. The molecule has 86 heavy (non-hydrogen) atoms. The summed E-state index contributed by atoms with van der Waals surface area (Å²) in [5.41, 5.74) is 10.4. The van der Waals surface area contributed by atoms with Gasteiger partial charge in [-0.25, -0.2) is 0 Å². The average Bonchev–Trinajstić information content (AvgIpc) is 0.798. The molecular weight excluding hydrogens is 1040 g/mol. The van der Waals surface area contributed by atoms with Crippen molar-refractivity contribution in [3.63, 3.8) is 0 Å². The lowest BCUT2D eigenvalue weighted by molar-refractivity contribution is 0.669. The summed E-state index contributed by atoms with van der Waals surface area (Å²) in [6, 6.07) is 64.1. The Bertz CT molecular complexity index is 6510. The van der Waals surface area contributed by atoms with Crippen molar-refractivity contribution in [3.8, 4) is 66.8 Å². The monoisotopic (exact) mass is 1110 g/mol. The van der Waals surface area contributed by atoms with E-state index < -0.39 is 48.3 Å². The van der Waals surface area contributed by atoms with E-state index in [9.17, 15) is 5.48 Å². The van der Waals surface area contributed by atoms with Crippen LogP contribution in [0.5, 0.6) is 0 Å². The van der Waals surface area contributed by atoms with E-state index in [1.807, 2.05) is 97.1 Å². The van der Waals surface area contributed by atoms with Gasteiger partial charge in [-0.15, -0.1) is 0 Å². The van der Waals surface area contributed by atoms with Crippen LogP contribution in [0.15, 0.2) is 324 Å². The first-order valence-electron chi connectivity index (χ1n) is 36.2. The Hall–Kier alpha value is -11.3. The van der Waals surface area contributed by atoms with E-state index in [0.717, 1.165) is 65.3 Å². The lowest BCUT2D eigenvalue weighted by Crippen LogP contribution is -1.90. The normalized spacial score (nSPS) is 14.3. The molecule has 16 aromatic carbocycles. The predicted octanol–water partition coefficient (Wildman–Crippen LogP) is 24.1. The van der Waals surface area contributed by atoms with Gasteiger partial charge in [0, 0.05) is 21.5 Å². The molecule has 0 saturated heterocycles. The van der Waals surface area contributed by atoms with Crippen LogP contribution in [0.2, 0.25) is 0 Å². The van der Waals surface area contributed by atoms with Crippen molar-refractivity contribution < 1.29 is 30.8 Å². The minimum absolute atomic E-state index is 0.181. The summed E-state index contributed by atoms with van der Waals surface area (Å²) in [7, 11) is 0. The Morgan fingerprint density at radius 2 is 0.500 bits per heavy atom. The van der Waals surface area contributed by atoms with Gasteiger partial charge in [-0.3, -0.25) is 0 Å². The van der Waals surface area contributed by atoms with Gasteiger partial charge in [0.1, 0.15) is 22.3 Å². The van der Waals surface area contributed by atoms with Gasteiger partial charge in [0.05, 0.1) is 21.9 Å². The molecule has 400 valence electrons. The van der Waals surface area contributed by atoms with Crippen molar-refractivity contribution in [2.24, 2.45) is 0 Å². The smallest absolute Gasteiger partial charge is 0.136 e. The van der Waals surface area contributed by atoms with E-state index >= 15 is 0 Å². The molecular formula is C84H52O2. The molecule has 18 rings (SSSR count). The van der Waals surface area contributed by atoms with Crippen molar-refractivity contribution in [3.05, 3.63) is 315 Å². The lowest BCUT2D eigenvalue weighted by Gasteiger charge is -2.17. The Kier molecular flexibility index (Phi) is 8.38. The van der Waals surface area contributed by atoms with Gasteiger partial charge in [0.25, 0.3) is 0 Å². The van der Waals surface area contributed by atoms with Gasteiger partial charge >= 0.3 is 0 Å². The molecule has 0 aliphatic carbocycles. The fraction of sp³-hybridized carbons (Fsp3) is 0. The maximum atomic E-state index is 9.25. The number of hydrogen-bond acceptors (Lipinski definition) is 2. The van der Waals surface area contributed by atoms with E-state index in [1.165, 1.54) is 0 Å². The third-order valence-electron chi connectivity index (χ3n) is 16.6. The Morgan fingerprint density at radius 3 is 0.919 bits per heavy atom. The highest BCUT2D eigenvalue weighted by molar-refractivity contribution is 6.26. The topological polar surface area (TPSA) is 26.3 Å². The molecule has 2 aromatic heterocycles. The molecule has 0 fully saturated rings. The van der Waals surface area contributed by atoms with E-state index in [0.29, 0.717) is 66.8 Å². The number of rotatable bonds is 6. The Labute approximate surface area is 519 Å². The fourth-order valence-corrected chi connectivity index (χ4v) is 12.7. The molecule has 2 nitrogen and oxygen atoms in total. The minimum Gasteiger partial charge on any atom is -0.456 e. The number of hydrogen-bond donors (Lipinski definition) is 0. The zero-order valence-electron chi connectivity index (χ0n) is 61.6. The molecule has 0 aliphatic heterocycles. The first-order valence-corrected chi connectivity index (χ1v) is 28.2. The van der Waals surface area contributed by atoms with Crippen molar-refractivity contribution in [1.82, 2.24) is 0 Å². The molecule has 18 aromatic rings. The molecule has 0 saturated carbocycles. The summed E-state index contributed by atoms with van der Waals surface area (Å²) in [6.45, 7) is 0. The van der Waals surface area contributed by atoms with E-state index in [-0.39, 0.29) is 91.4 Å². The number of furan rings is 2. The first-order chi connectivity index (χ1) is 49.3. The number of fused-ring (bicyclic) bond motifs is 14. The highest BCUT2D eigenvalue weighted by atomic mass is 16.3. The summed E-state index contributed by atoms with van der Waals surface area (Å²) in [5, 5.41) is 8.77. The molecule has 0 bridgehead atoms. The standard InChI is InChI=1S/2C42H26O/c1-3-11-27(12-4-1)29-19-22-32-30(25-29)20-24-39-42(32)37-26-31(21-23-38(37)43-39)41-35-17-9-7-15-33(35)40(28-13-5-2-6-14-28)34-16-8-10-18-36(34)41;1-3-11-27(12-4-1)30-20-19-28-21-24-39-42(36(28)25-30)37-26-31(22-23-38(37)43-39)41-34-17-9-7-15-32(34)40(29-13-5-2-6-14-29)33-16-8-10-18-35(33)41/h2*1-26H/i2*7D,8D,9D,10D,15D,16D,17D,18D. The summed E-state index contributed by atoms with van der Waals surface area (Å²) in [6.07, 6.45) is 0. The second-order valence-electron chi connectivity index (χ2n) is 21.3. The SMILES string of the molecule is [2H]c1c([2H])c([2H])c2c(-c3ccc4oc5ccc6cc(-c7ccccc7)ccc6c5c4c3)c3c([2H])c([2H])c([2H])c([2H])c3c(-c3ccccc3)c2c1[2H].[2H]c1c([2H])c([2H])c2c(-c3ccc4oc5ccc6ccc(-c7ccccc7)cc6c5c4c3)c3c([2H])c([2H])c([2H])c([2H])c3c(-c3ccccc3)c2c1[2H]. The van der Waals surface area contributed by atoms with Crippen molar-refractivity contribution in [2.75, 3.05) is 0 Å². The summed E-state index contributed by atoms with van der Waals surface area (Å²) >= 11 is 0. The minimum atomic E-state index is -0.428. The van der Waals surface area contributed by atoms with Crippen LogP contribution in [0, 0.1) is 0 Å². The highest BCUT2D eigenvalue weighted by Gasteiger charge is 2.21. The number of benzene rings is 16. The first kappa shape index (κ1) is 35.6. The average molecular weight is 1110 g/mol. The quantitative estimate of drug-likeness (QED) is 0.155. The van der Waals surface area contributed by atoms with Crippen molar-refractivity contribution in [2.45, 2.75) is 0 Å². The van der Waals surface area contributed by atoms with Crippen LogP contribution < -0.4 is 0 Å². The van der Waals surface area contributed by atoms with Gasteiger partial charge in [-0.05, 0) is 180 Å². The molecule has 0 spiro atoms. The lowest BCUT2D eigenvalue weighted by atomic mass is 9.85.